The Morgan fingerprint density at radius 1 is 1.21 bits per heavy atom. The fourth-order valence-electron chi connectivity index (χ4n) is 3.67. The van der Waals surface area contributed by atoms with E-state index in [1.165, 1.54) is 11.3 Å². The van der Waals surface area contributed by atoms with Gasteiger partial charge in [0, 0.05) is 57.6 Å². The van der Waals surface area contributed by atoms with Gasteiger partial charge in [-0.2, -0.15) is 0 Å². The summed E-state index contributed by atoms with van der Waals surface area (Å²) in [5.41, 5.74) is 2.52. The van der Waals surface area contributed by atoms with E-state index in [0.29, 0.717) is 5.88 Å². The summed E-state index contributed by atoms with van der Waals surface area (Å²) in [6.07, 6.45) is 7.29. The van der Waals surface area contributed by atoms with Crippen LogP contribution in [0.4, 0.5) is 5.69 Å². The van der Waals surface area contributed by atoms with Crippen LogP contribution in [-0.4, -0.2) is 55.2 Å². The Morgan fingerprint density at radius 3 is 2.89 bits per heavy atom. The lowest BCUT2D eigenvalue weighted by Crippen LogP contribution is -2.40. The maximum absolute atomic E-state index is 5.99. The highest BCUT2D eigenvalue weighted by Gasteiger charge is 2.26. The van der Waals surface area contributed by atoms with Crippen LogP contribution in [0.25, 0.3) is 0 Å². The Kier molecular flexibility index (Phi) is 5.75. The third-order valence-electron chi connectivity index (χ3n) is 5.13. The van der Waals surface area contributed by atoms with Gasteiger partial charge >= 0.3 is 0 Å². The maximum atomic E-state index is 5.99. The Balaban J connectivity index is 1.31. The lowest BCUT2D eigenvalue weighted by atomic mass is 10.2. The van der Waals surface area contributed by atoms with Crippen molar-refractivity contribution in [2.45, 2.75) is 19.1 Å². The van der Waals surface area contributed by atoms with Gasteiger partial charge in [0.25, 0.3) is 0 Å². The first-order chi connectivity index (χ1) is 13.8. The van der Waals surface area contributed by atoms with Gasteiger partial charge in [-0.05, 0) is 23.8 Å². The van der Waals surface area contributed by atoms with Gasteiger partial charge in [-0.15, -0.1) is 0 Å². The van der Waals surface area contributed by atoms with E-state index in [1.807, 2.05) is 25.2 Å². The Labute approximate surface area is 166 Å². The molecule has 0 amide bonds. The second-order valence-corrected chi connectivity index (χ2v) is 7.09. The largest absolute Gasteiger partial charge is 0.472 e. The number of rotatable bonds is 5. The van der Waals surface area contributed by atoms with Crippen LogP contribution in [0.2, 0.25) is 0 Å². The van der Waals surface area contributed by atoms with E-state index in [9.17, 15) is 0 Å². The van der Waals surface area contributed by atoms with Crippen LogP contribution in [-0.2, 0) is 6.54 Å². The molecule has 28 heavy (non-hydrogen) atoms. The minimum atomic E-state index is 0.138. The topological polar surface area (TPSA) is 53.0 Å². The molecule has 0 spiro atoms. The predicted molar refractivity (Wildman–Crippen MR) is 113 cm³/mol. The molecule has 2 aliphatic rings. The van der Waals surface area contributed by atoms with Crippen molar-refractivity contribution in [3.63, 3.8) is 0 Å². The number of guanidine groups is 1. The van der Waals surface area contributed by atoms with E-state index in [0.717, 1.165) is 45.1 Å². The molecule has 0 bridgehead atoms. The van der Waals surface area contributed by atoms with E-state index in [-0.39, 0.29) is 6.10 Å². The molecule has 1 aromatic carbocycles. The molecular weight excluding hydrogens is 350 g/mol. The normalized spacial score (nSPS) is 19.3. The van der Waals surface area contributed by atoms with Crippen LogP contribution in [0, 0.1) is 0 Å². The monoisotopic (exact) mass is 377 g/mol. The zero-order valence-electron chi connectivity index (χ0n) is 16.3. The first-order valence-electron chi connectivity index (χ1n) is 9.84. The van der Waals surface area contributed by atoms with Crippen molar-refractivity contribution in [3.05, 3.63) is 66.4 Å². The average molecular weight is 377 g/mol. The highest BCUT2D eigenvalue weighted by atomic mass is 16.5. The number of nitrogens with zero attached hydrogens (tertiary/aromatic N) is 4. The summed E-state index contributed by atoms with van der Waals surface area (Å²) in [4.78, 5) is 13.3. The van der Waals surface area contributed by atoms with Crippen molar-refractivity contribution in [1.29, 1.82) is 0 Å². The zero-order valence-corrected chi connectivity index (χ0v) is 16.3. The number of anilines is 1. The number of pyridine rings is 1. The SMILES string of the molecule is CN=C(NCc1cccc(N2CC=CC2)c1)N1CCC(Oc2ccccn2)C1. The molecule has 1 atom stereocenters. The van der Waals surface area contributed by atoms with E-state index >= 15 is 0 Å². The first kappa shape index (κ1) is 18.3. The Hall–Kier alpha value is -3.02. The molecule has 2 aromatic rings. The fourth-order valence-corrected chi connectivity index (χ4v) is 3.67. The third-order valence-corrected chi connectivity index (χ3v) is 5.13. The smallest absolute Gasteiger partial charge is 0.213 e. The molecule has 3 heterocycles. The maximum Gasteiger partial charge on any atom is 0.213 e. The van der Waals surface area contributed by atoms with E-state index in [2.05, 4.69) is 61.5 Å². The van der Waals surface area contributed by atoms with Crippen molar-refractivity contribution in [2.24, 2.45) is 4.99 Å². The van der Waals surface area contributed by atoms with Crippen LogP contribution in [0.3, 0.4) is 0 Å². The average Bonchev–Trinajstić information content (AvgIpc) is 3.42. The molecule has 0 saturated carbocycles. The third kappa shape index (κ3) is 4.44. The molecule has 146 valence electrons. The molecule has 1 N–H and O–H groups in total. The summed E-state index contributed by atoms with van der Waals surface area (Å²) >= 11 is 0. The van der Waals surface area contributed by atoms with Crippen molar-refractivity contribution in [2.75, 3.05) is 38.1 Å². The number of aromatic nitrogens is 1. The van der Waals surface area contributed by atoms with Crippen LogP contribution in [0.15, 0.2) is 65.8 Å². The molecule has 1 saturated heterocycles. The quantitative estimate of drug-likeness (QED) is 0.493. The van der Waals surface area contributed by atoms with Gasteiger partial charge in [-0.1, -0.05) is 30.4 Å². The van der Waals surface area contributed by atoms with Gasteiger partial charge in [0.15, 0.2) is 5.96 Å². The molecule has 6 nitrogen and oxygen atoms in total. The van der Waals surface area contributed by atoms with E-state index in [4.69, 9.17) is 4.74 Å². The van der Waals surface area contributed by atoms with Crippen LogP contribution < -0.4 is 15.0 Å². The van der Waals surface area contributed by atoms with E-state index < -0.39 is 0 Å². The number of benzene rings is 1. The highest BCUT2D eigenvalue weighted by molar-refractivity contribution is 5.80. The summed E-state index contributed by atoms with van der Waals surface area (Å²) in [6.45, 7) is 4.48. The fraction of sp³-hybridized carbons (Fsp3) is 0.364. The summed E-state index contributed by atoms with van der Waals surface area (Å²) in [7, 11) is 1.83. The molecule has 2 aliphatic heterocycles. The van der Waals surface area contributed by atoms with Crippen molar-refractivity contribution >= 4 is 11.6 Å². The molecule has 0 radical (unpaired) electrons. The van der Waals surface area contributed by atoms with Crippen molar-refractivity contribution in [1.82, 2.24) is 15.2 Å². The summed E-state index contributed by atoms with van der Waals surface area (Å²) in [6, 6.07) is 14.5. The van der Waals surface area contributed by atoms with E-state index in [1.54, 1.807) is 6.20 Å². The van der Waals surface area contributed by atoms with Crippen LogP contribution in [0.1, 0.15) is 12.0 Å². The van der Waals surface area contributed by atoms with Gasteiger partial charge in [0.2, 0.25) is 5.88 Å². The second kappa shape index (κ2) is 8.78. The molecule has 1 unspecified atom stereocenters. The summed E-state index contributed by atoms with van der Waals surface area (Å²) in [5, 5.41) is 3.50. The van der Waals surface area contributed by atoms with Gasteiger partial charge in [0.1, 0.15) is 6.10 Å². The molecule has 1 fully saturated rings. The van der Waals surface area contributed by atoms with Crippen molar-refractivity contribution < 1.29 is 4.74 Å². The van der Waals surface area contributed by atoms with Crippen LogP contribution >= 0.6 is 0 Å². The second-order valence-electron chi connectivity index (χ2n) is 7.09. The molecular formula is C22H27N5O. The van der Waals surface area contributed by atoms with Gasteiger partial charge < -0.3 is 19.9 Å². The van der Waals surface area contributed by atoms with Crippen molar-refractivity contribution in [3.8, 4) is 5.88 Å². The number of nitrogens with one attached hydrogen (secondary N) is 1. The number of likely N-dealkylation sites (tertiary alicyclic amines) is 1. The van der Waals surface area contributed by atoms with Gasteiger partial charge in [-0.3, -0.25) is 4.99 Å². The number of aliphatic imine (C=N–C) groups is 1. The van der Waals surface area contributed by atoms with Gasteiger partial charge in [-0.25, -0.2) is 4.98 Å². The number of hydrogen-bond acceptors (Lipinski definition) is 4. The Morgan fingerprint density at radius 2 is 2.11 bits per heavy atom. The molecule has 1 aromatic heterocycles. The first-order valence-corrected chi connectivity index (χ1v) is 9.84. The minimum absolute atomic E-state index is 0.138. The predicted octanol–water partition coefficient (Wildman–Crippen LogP) is 2.69. The lowest BCUT2D eigenvalue weighted by molar-refractivity contribution is 0.205. The molecule has 4 rings (SSSR count). The standard InChI is InChI=1S/C22H27N5O/c1-23-22(27-14-10-20(17-27)28-21-9-2-3-11-24-21)25-16-18-7-6-8-19(15-18)26-12-4-5-13-26/h2-9,11,15,20H,10,12-14,16-17H2,1H3,(H,23,25). The zero-order chi connectivity index (χ0) is 19.2. The summed E-state index contributed by atoms with van der Waals surface area (Å²) in [5.74, 6) is 1.60. The Bertz CT molecular complexity index is 828. The number of ether oxygens (including phenoxy) is 1. The lowest BCUT2D eigenvalue weighted by Gasteiger charge is -2.22. The van der Waals surface area contributed by atoms with Gasteiger partial charge in [0.05, 0.1) is 6.54 Å². The minimum Gasteiger partial charge on any atom is -0.472 e. The molecule has 6 heteroatoms. The summed E-state index contributed by atoms with van der Waals surface area (Å²) < 4.78 is 5.99. The van der Waals surface area contributed by atoms with Crippen LogP contribution in [0.5, 0.6) is 5.88 Å². The highest BCUT2D eigenvalue weighted by Crippen LogP contribution is 2.19. The number of hydrogen-bond donors (Lipinski definition) is 1. The molecule has 0 aliphatic carbocycles.